The normalized spacial score (nSPS) is 19.1. The van der Waals surface area contributed by atoms with Gasteiger partial charge >= 0.3 is 88.7 Å². The molecule has 0 bridgehead atoms. The molecule has 3 N–H and O–H groups in total. The molecule has 1 aliphatic heterocycles. The van der Waals surface area contributed by atoms with E-state index < -0.39 is 56.4 Å². The van der Waals surface area contributed by atoms with E-state index >= 15 is 0 Å². The van der Waals surface area contributed by atoms with Gasteiger partial charge in [0.05, 0.1) is 43.3 Å². The second kappa shape index (κ2) is 22.1. The number of carboxylic acids is 3. The second-order valence-electron chi connectivity index (χ2n) is 7.48. The van der Waals surface area contributed by atoms with Gasteiger partial charge in [-0.25, -0.2) is 0 Å². The fourth-order valence-electron chi connectivity index (χ4n) is 3.51. The van der Waals surface area contributed by atoms with Crippen LogP contribution in [0.2, 0.25) is 0 Å². The third kappa shape index (κ3) is 16.8. The molecule has 13 nitrogen and oxygen atoms in total. The summed E-state index contributed by atoms with van der Waals surface area (Å²) in [4.78, 5) is 39.5. The number of carbonyl (C=O) groups excluding carboxylic acids is 3. The van der Waals surface area contributed by atoms with Gasteiger partial charge in [0, 0.05) is 72.0 Å². The summed E-state index contributed by atoms with van der Waals surface area (Å²) in [5, 5.41) is 62.3. The molecule has 1 saturated heterocycles. The molecule has 0 amide bonds. The Labute approximate surface area is 265 Å². The van der Waals surface area contributed by atoms with Gasteiger partial charge in [-0.05, 0) is 0 Å². The van der Waals surface area contributed by atoms with Gasteiger partial charge in [-0.1, -0.05) is 0 Å². The molecule has 0 aromatic carbocycles. The molecule has 0 saturated carbocycles. The largest absolute Gasteiger partial charge is 1.00 e. The van der Waals surface area contributed by atoms with Crippen molar-refractivity contribution in [2.24, 2.45) is 0 Å². The quantitative estimate of drug-likeness (QED) is 0.232. The first-order valence-corrected chi connectivity index (χ1v) is 10.1. The van der Waals surface area contributed by atoms with E-state index in [2.05, 4.69) is 0 Å². The zero-order valence-corrected chi connectivity index (χ0v) is 26.4. The minimum absolute atomic E-state index is 0. The number of hydrogen-bond donors (Lipinski definition) is 3. The van der Waals surface area contributed by atoms with Crippen LogP contribution in [-0.2, 0) is 14.4 Å². The summed E-state index contributed by atoms with van der Waals surface area (Å²) in [5.74, 6) is -3.92. The first-order chi connectivity index (χ1) is 14.7. The predicted molar refractivity (Wildman–Crippen MR) is 99.9 cm³/mol. The van der Waals surface area contributed by atoms with Gasteiger partial charge in [-0.3, -0.25) is 19.6 Å². The Balaban J connectivity index is -0.00000320. The summed E-state index contributed by atoms with van der Waals surface area (Å²) in [7, 11) is 0. The minimum atomic E-state index is -1.31. The topological polar surface area (TPSA) is 194 Å². The Morgan fingerprint density at radius 3 is 1.15 bits per heavy atom. The monoisotopic (exact) mass is 516 g/mol. The van der Waals surface area contributed by atoms with Gasteiger partial charge in [0.15, 0.2) is 0 Å². The van der Waals surface area contributed by atoms with Crippen LogP contribution in [0.3, 0.4) is 0 Å². The average Bonchev–Trinajstić information content (AvgIpc) is 2.68. The van der Waals surface area contributed by atoms with Crippen molar-refractivity contribution in [2.45, 2.75) is 12.1 Å². The number of hydrogen-bond acceptors (Lipinski definition) is 13. The van der Waals surface area contributed by atoms with Crippen molar-refractivity contribution in [1.29, 1.82) is 0 Å². The molecule has 34 heavy (non-hydrogen) atoms. The SMILES string of the molecule is O=C([O-])CN1CCN(CC(=O)[O-])CCN([C@@H](CO)[C@@H](O)CO)CCN(CC(=O)[O-])CC1.[Na+].[Na+].[Na+]. The third-order valence-electron chi connectivity index (χ3n) is 5.22. The van der Waals surface area contributed by atoms with Gasteiger partial charge in [0.1, 0.15) is 0 Å². The summed E-state index contributed by atoms with van der Waals surface area (Å²) in [6, 6.07) is -0.836. The van der Waals surface area contributed by atoms with Gasteiger partial charge in [0.2, 0.25) is 0 Å². The molecule has 0 aromatic heterocycles. The van der Waals surface area contributed by atoms with Crippen LogP contribution in [0, 0.1) is 0 Å². The maximum atomic E-state index is 11.1. The Bertz CT molecular complexity index is 563. The third-order valence-corrected chi connectivity index (χ3v) is 5.22. The maximum absolute atomic E-state index is 11.1. The van der Waals surface area contributed by atoms with Crippen molar-refractivity contribution in [3.05, 3.63) is 0 Å². The van der Waals surface area contributed by atoms with Crippen LogP contribution in [0.5, 0.6) is 0 Å². The van der Waals surface area contributed by atoms with Crippen LogP contribution in [0.4, 0.5) is 0 Å². The minimum Gasteiger partial charge on any atom is -0.549 e. The molecule has 1 fully saturated rings. The fourth-order valence-corrected chi connectivity index (χ4v) is 3.51. The smallest absolute Gasteiger partial charge is 0.549 e. The fraction of sp³-hybridized carbons (Fsp3) is 0.833. The molecule has 2 atom stereocenters. The van der Waals surface area contributed by atoms with Crippen LogP contribution in [-0.4, -0.2) is 150 Å². The first kappa shape index (κ1) is 39.6. The molecule has 16 heteroatoms. The molecule has 0 spiro atoms. The van der Waals surface area contributed by atoms with Gasteiger partial charge in [0.25, 0.3) is 0 Å². The zero-order chi connectivity index (χ0) is 23.4. The second-order valence-corrected chi connectivity index (χ2v) is 7.48. The van der Waals surface area contributed by atoms with E-state index in [4.69, 9.17) is 0 Å². The summed E-state index contributed by atoms with van der Waals surface area (Å²) >= 11 is 0. The van der Waals surface area contributed by atoms with E-state index in [0.29, 0.717) is 0 Å². The summed E-state index contributed by atoms with van der Waals surface area (Å²) in [6.07, 6.45) is -1.25. The first-order valence-electron chi connectivity index (χ1n) is 10.1. The van der Waals surface area contributed by atoms with E-state index in [-0.39, 0.29) is 148 Å². The number of aliphatic hydroxyl groups is 3. The van der Waals surface area contributed by atoms with Crippen molar-refractivity contribution in [1.82, 2.24) is 19.6 Å². The zero-order valence-electron chi connectivity index (χ0n) is 20.4. The molecule has 0 aliphatic carbocycles. The summed E-state index contributed by atoms with van der Waals surface area (Å²) < 4.78 is 0. The molecule has 0 aromatic rings. The Morgan fingerprint density at radius 2 is 0.912 bits per heavy atom. The Kier molecular flexibility index (Phi) is 25.8. The van der Waals surface area contributed by atoms with Crippen molar-refractivity contribution < 1.29 is 134 Å². The molecule has 1 heterocycles. The molecule has 1 rings (SSSR count). The molecule has 180 valence electrons. The summed E-state index contributed by atoms with van der Waals surface area (Å²) in [6.45, 7) is -0.648. The Hall–Kier alpha value is 1.13. The standard InChI is InChI=1S/C18H34N4O9.3Na/c23-12-14(15(25)13-24)22-7-5-20(10-17(28)29)3-1-19(9-16(26)27)2-4-21(6-8-22)11-18(30)31;;;/h14-15,23-25H,1-13H2,(H,26,27)(H,28,29)(H,30,31);;;/q;3*+1/p-3/t14-,15-;;;/m0.../s1. The van der Waals surface area contributed by atoms with Crippen LogP contribution in [0.1, 0.15) is 0 Å². The number of carboxylic acid groups (broad SMARTS) is 3. The molecule has 0 radical (unpaired) electrons. The summed E-state index contributed by atoms with van der Waals surface area (Å²) in [5.41, 5.74) is 0. The van der Waals surface area contributed by atoms with E-state index in [0.717, 1.165) is 0 Å². The van der Waals surface area contributed by atoms with Crippen LogP contribution in [0.15, 0.2) is 0 Å². The van der Waals surface area contributed by atoms with Crippen molar-refractivity contribution in [3.8, 4) is 0 Å². The van der Waals surface area contributed by atoms with E-state index in [1.807, 2.05) is 0 Å². The number of rotatable bonds is 10. The predicted octanol–water partition coefficient (Wildman–Crippen LogP) is -16.8. The number of aliphatic hydroxyl groups excluding tert-OH is 3. The van der Waals surface area contributed by atoms with Gasteiger partial charge in [-0.2, -0.15) is 0 Å². The Morgan fingerprint density at radius 1 is 0.618 bits per heavy atom. The van der Waals surface area contributed by atoms with Crippen molar-refractivity contribution in [2.75, 3.05) is 85.2 Å². The number of aliphatic carboxylic acids is 3. The van der Waals surface area contributed by atoms with Crippen LogP contribution in [0.25, 0.3) is 0 Å². The van der Waals surface area contributed by atoms with Crippen molar-refractivity contribution in [3.63, 3.8) is 0 Å². The molecule has 1 aliphatic rings. The van der Waals surface area contributed by atoms with E-state index in [9.17, 15) is 45.0 Å². The van der Waals surface area contributed by atoms with Crippen molar-refractivity contribution >= 4 is 17.9 Å². The van der Waals surface area contributed by atoms with Gasteiger partial charge < -0.3 is 45.0 Å². The maximum Gasteiger partial charge on any atom is 1.00 e. The van der Waals surface area contributed by atoms with E-state index in [1.54, 1.807) is 14.7 Å². The molecular weight excluding hydrogens is 485 g/mol. The molecule has 0 unspecified atom stereocenters. The molecular formula is C18H31N4Na3O9. The van der Waals surface area contributed by atoms with E-state index in [1.165, 1.54) is 4.90 Å². The van der Waals surface area contributed by atoms with Crippen LogP contribution < -0.4 is 104 Å². The van der Waals surface area contributed by atoms with Crippen LogP contribution >= 0.6 is 0 Å². The number of nitrogens with zero attached hydrogens (tertiary/aromatic N) is 4. The van der Waals surface area contributed by atoms with Gasteiger partial charge in [-0.15, -0.1) is 0 Å². The number of carbonyl (C=O) groups is 3. The average molecular weight is 516 g/mol.